The molecular weight excluding hydrogens is 349 g/mol. The highest BCUT2D eigenvalue weighted by atomic mass is 35.5. The van der Waals surface area contributed by atoms with Crippen LogP contribution in [0.4, 0.5) is 0 Å². The van der Waals surface area contributed by atoms with Crippen LogP contribution in [0.1, 0.15) is 22.9 Å². The van der Waals surface area contributed by atoms with Crippen molar-refractivity contribution in [3.8, 4) is 0 Å². The summed E-state index contributed by atoms with van der Waals surface area (Å²) in [5, 5.41) is 5.68. The second-order valence-electron chi connectivity index (χ2n) is 5.03. The first-order valence-electron chi connectivity index (χ1n) is 6.44. The average molecular weight is 361 g/mol. The van der Waals surface area contributed by atoms with Gasteiger partial charge in [-0.2, -0.15) is 0 Å². The third-order valence-corrected chi connectivity index (χ3v) is 5.48. The van der Waals surface area contributed by atoms with E-state index in [4.69, 9.17) is 34.8 Å². The van der Waals surface area contributed by atoms with Crippen LogP contribution >= 0.6 is 46.1 Å². The summed E-state index contributed by atoms with van der Waals surface area (Å²) < 4.78 is -0.913. The zero-order valence-electron chi connectivity index (χ0n) is 10.9. The first kappa shape index (κ1) is 15.2. The smallest absolute Gasteiger partial charge is 0.227 e. The lowest BCUT2D eigenvalue weighted by molar-refractivity contribution is -0.122. The van der Waals surface area contributed by atoms with Gasteiger partial charge in [-0.05, 0) is 35.6 Å². The molecule has 2 nitrogen and oxygen atoms in total. The molecule has 0 radical (unpaired) electrons. The molecule has 1 aromatic heterocycles. The maximum Gasteiger partial charge on any atom is 0.227 e. The molecule has 0 bridgehead atoms. The standard InChI is InChI=1S/C15H12Cl3NOS/c16-10-5-3-9(4-6-10)13(12-2-1-7-21-12)19-14(20)11-8-15(11,17)18/h1-7,11,13H,8H2,(H,19,20)/t11-,13+/m1/s1. The number of halogens is 3. The minimum Gasteiger partial charge on any atom is -0.344 e. The maximum atomic E-state index is 12.3. The highest BCUT2D eigenvalue weighted by molar-refractivity contribution is 7.10. The molecule has 1 fully saturated rings. The predicted octanol–water partition coefficient (Wildman–Crippen LogP) is 4.80. The number of rotatable bonds is 4. The van der Waals surface area contributed by atoms with Crippen LogP contribution in [0, 0.1) is 5.92 Å². The van der Waals surface area contributed by atoms with Crippen LogP contribution in [0.2, 0.25) is 5.02 Å². The van der Waals surface area contributed by atoms with Crippen LogP contribution in [-0.2, 0) is 4.79 Å². The molecule has 0 saturated heterocycles. The number of thiophene rings is 1. The van der Waals surface area contributed by atoms with Crippen LogP contribution in [0.15, 0.2) is 41.8 Å². The summed E-state index contributed by atoms with van der Waals surface area (Å²) in [6, 6.07) is 11.2. The van der Waals surface area contributed by atoms with Gasteiger partial charge in [0.15, 0.2) is 0 Å². The number of nitrogens with one attached hydrogen (secondary N) is 1. The van der Waals surface area contributed by atoms with Gasteiger partial charge in [0.2, 0.25) is 5.91 Å². The molecule has 1 heterocycles. The highest BCUT2D eigenvalue weighted by Gasteiger charge is 2.56. The van der Waals surface area contributed by atoms with Gasteiger partial charge in [-0.15, -0.1) is 34.5 Å². The molecule has 21 heavy (non-hydrogen) atoms. The Morgan fingerprint density at radius 1 is 1.29 bits per heavy atom. The fraction of sp³-hybridized carbons (Fsp3) is 0.267. The molecule has 1 aromatic carbocycles. The topological polar surface area (TPSA) is 29.1 Å². The number of amides is 1. The lowest BCUT2D eigenvalue weighted by Gasteiger charge is -2.18. The second-order valence-corrected chi connectivity index (χ2v) is 7.98. The van der Waals surface area contributed by atoms with Crippen LogP contribution in [0.5, 0.6) is 0 Å². The molecule has 110 valence electrons. The van der Waals surface area contributed by atoms with Gasteiger partial charge in [-0.1, -0.05) is 29.8 Å². The fourth-order valence-corrected chi connectivity index (χ4v) is 3.61. The van der Waals surface area contributed by atoms with Crippen molar-refractivity contribution in [2.45, 2.75) is 16.8 Å². The van der Waals surface area contributed by atoms with Gasteiger partial charge in [0.25, 0.3) is 0 Å². The Morgan fingerprint density at radius 3 is 2.48 bits per heavy atom. The Bertz CT molecular complexity index is 639. The molecule has 2 atom stereocenters. The second kappa shape index (κ2) is 5.81. The monoisotopic (exact) mass is 359 g/mol. The van der Waals surface area contributed by atoms with E-state index in [-0.39, 0.29) is 17.9 Å². The summed E-state index contributed by atoms with van der Waals surface area (Å²) in [5.74, 6) is -0.455. The van der Waals surface area contributed by atoms with E-state index in [1.807, 2.05) is 41.8 Å². The van der Waals surface area contributed by atoms with Gasteiger partial charge in [0, 0.05) is 9.90 Å². The number of alkyl halides is 2. The van der Waals surface area contributed by atoms with E-state index in [9.17, 15) is 4.79 Å². The van der Waals surface area contributed by atoms with E-state index in [0.29, 0.717) is 11.4 Å². The molecule has 2 aromatic rings. The molecule has 1 amide bonds. The van der Waals surface area contributed by atoms with Crippen molar-refractivity contribution in [1.29, 1.82) is 0 Å². The van der Waals surface area contributed by atoms with E-state index in [1.54, 1.807) is 11.3 Å². The lowest BCUT2D eigenvalue weighted by Crippen LogP contribution is -2.31. The van der Waals surface area contributed by atoms with E-state index in [1.165, 1.54) is 0 Å². The summed E-state index contributed by atoms with van der Waals surface area (Å²) in [7, 11) is 0. The summed E-state index contributed by atoms with van der Waals surface area (Å²) in [6.45, 7) is 0. The van der Waals surface area contributed by atoms with Gasteiger partial charge in [-0.25, -0.2) is 0 Å². The summed E-state index contributed by atoms with van der Waals surface area (Å²) in [4.78, 5) is 13.3. The zero-order chi connectivity index (χ0) is 15.0. The van der Waals surface area contributed by atoms with Crippen LogP contribution in [0.3, 0.4) is 0 Å². The van der Waals surface area contributed by atoms with Gasteiger partial charge in [0.1, 0.15) is 4.33 Å². The lowest BCUT2D eigenvalue weighted by atomic mass is 10.1. The Labute approximate surface area is 142 Å². The van der Waals surface area contributed by atoms with Crippen molar-refractivity contribution >= 4 is 52.0 Å². The van der Waals surface area contributed by atoms with Crippen molar-refractivity contribution in [3.63, 3.8) is 0 Å². The number of carbonyl (C=O) groups excluding carboxylic acids is 1. The minimum absolute atomic E-state index is 0.117. The predicted molar refractivity (Wildman–Crippen MR) is 88.3 cm³/mol. The van der Waals surface area contributed by atoms with Crippen molar-refractivity contribution in [3.05, 3.63) is 57.2 Å². The van der Waals surface area contributed by atoms with Crippen molar-refractivity contribution < 1.29 is 4.79 Å². The Morgan fingerprint density at radius 2 is 1.95 bits per heavy atom. The van der Waals surface area contributed by atoms with E-state index >= 15 is 0 Å². The SMILES string of the molecule is O=C(N[C@@H](c1ccc(Cl)cc1)c1cccs1)[C@H]1CC1(Cl)Cl. The summed E-state index contributed by atoms with van der Waals surface area (Å²) in [5.41, 5.74) is 0.977. The third kappa shape index (κ3) is 3.37. The quantitative estimate of drug-likeness (QED) is 0.780. The van der Waals surface area contributed by atoms with Gasteiger partial charge >= 0.3 is 0 Å². The molecule has 1 saturated carbocycles. The molecule has 1 aliphatic rings. The number of hydrogen-bond acceptors (Lipinski definition) is 2. The normalized spacial score (nSPS) is 20.8. The summed E-state index contributed by atoms with van der Waals surface area (Å²) in [6.07, 6.45) is 0.500. The molecule has 0 aliphatic heterocycles. The first-order valence-corrected chi connectivity index (χ1v) is 8.46. The van der Waals surface area contributed by atoms with Crippen molar-refractivity contribution in [1.82, 2.24) is 5.32 Å². The maximum absolute atomic E-state index is 12.3. The molecule has 1 aliphatic carbocycles. The Balaban J connectivity index is 1.83. The van der Waals surface area contributed by atoms with Crippen LogP contribution in [0.25, 0.3) is 0 Å². The largest absolute Gasteiger partial charge is 0.344 e. The van der Waals surface area contributed by atoms with E-state index in [0.717, 1.165) is 10.4 Å². The van der Waals surface area contributed by atoms with Gasteiger partial charge in [0.05, 0.1) is 12.0 Å². The number of carbonyl (C=O) groups is 1. The average Bonchev–Trinajstić information content (AvgIpc) is 2.88. The Hall–Kier alpha value is -0.740. The van der Waals surface area contributed by atoms with Gasteiger partial charge < -0.3 is 5.32 Å². The van der Waals surface area contributed by atoms with E-state index < -0.39 is 4.33 Å². The van der Waals surface area contributed by atoms with Crippen LogP contribution in [-0.4, -0.2) is 10.2 Å². The van der Waals surface area contributed by atoms with Crippen LogP contribution < -0.4 is 5.32 Å². The fourth-order valence-electron chi connectivity index (χ4n) is 2.17. The summed E-state index contributed by atoms with van der Waals surface area (Å²) >= 11 is 19.4. The molecule has 1 N–H and O–H groups in total. The van der Waals surface area contributed by atoms with E-state index in [2.05, 4.69) is 5.32 Å². The molecular formula is C15H12Cl3NOS. The molecule has 0 spiro atoms. The Kier molecular flexibility index (Phi) is 4.19. The zero-order valence-corrected chi connectivity index (χ0v) is 13.9. The molecule has 0 unspecified atom stereocenters. The molecule has 3 rings (SSSR count). The van der Waals surface area contributed by atoms with Gasteiger partial charge in [-0.3, -0.25) is 4.79 Å². The number of hydrogen-bond donors (Lipinski definition) is 1. The molecule has 6 heteroatoms. The third-order valence-electron chi connectivity index (χ3n) is 3.46. The first-order chi connectivity index (χ1) is 9.97. The minimum atomic E-state index is -0.913. The van der Waals surface area contributed by atoms with Crippen molar-refractivity contribution in [2.75, 3.05) is 0 Å². The number of benzene rings is 1. The van der Waals surface area contributed by atoms with Crippen molar-refractivity contribution in [2.24, 2.45) is 5.92 Å². The highest BCUT2D eigenvalue weighted by Crippen LogP contribution is 2.53.